The summed E-state index contributed by atoms with van der Waals surface area (Å²) in [7, 11) is 0. The molecule has 1 saturated heterocycles. The van der Waals surface area contributed by atoms with Gasteiger partial charge in [-0.2, -0.15) is 13.2 Å². The number of nitrogens with zero attached hydrogens (tertiary/aromatic N) is 1. The standard InChI is InChI=1S/C8H11F3N2O2S/c9-8(10,11)16-4-3-13-6(14)2-1-5(12)7(13)15/h5H,1-4,12H2. The Labute approximate surface area is 94.3 Å². The van der Waals surface area contributed by atoms with Crippen molar-refractivity contribution in [2.24, 2.45) is 5.73 Å². The highest BCUT2D eigenvalue weighted by Crippen LogP contribution is 2.30. The Kier molecular flexibility index (Phi) is 4.20. The zero-order chi connectivity index (χ0) is 12.3. The SMILES string of the molecule is NC1CCC(=O)N(CCSC(F)(F)F)C1=O. The Morgan fingerprint density at radius 3 is 2.62 bits per heavy atom. The Morgan fingerprint density at radius 2 is 2.06 bits per heavy atom. The van der Waals surface area contributed by atoms with Crippen molar-refractivity contribution in [3.63, 3.8) is 0 Å². The second-order valence-corrected chi connectivity index (χ2v) is 4.48. The molecule has 0 aliphatic carbocycles. The molecule has 0 radical (unpaired) electrons. The van der Waals surface area contributed by atoms with E-state index in [1.165, 1.54) is 0 Å². The van der Waals surface area contributed by atoms with Crippen LogP contribution in [-0.4, -0.2) is 40.6 Å². The number of halogens is 3. The lowest BCUT2D eigenvalue weighted by Crippen LogP contribution is -2.51. The molecule has 16 heavy (non-hydrogen) atoms. The maximum atomic E-state index is 11.8. The molecule has 0 aromatic heterocycles. The van der Waals surface area contributed by atoms with E-state index in [9.17, 15) is 22.8 Å². The first-order chi connectivity index (χ1) is 7.31. The Hall–Kier alpha value is -0.760. The van der Waals surface area contributed by atoms with Gasteiger partial charge in [-0.3, -0.25) is 14.5 Å². The summed E-state index contributed by atoms with van der Waals surface area (Å²) in [5.74, 6) is -1.39. The van der Waals surface area contributed by atoms with Gasteiger partial charge in [0.25, 0.3) is 0 Å². The third kappa shape index (κ3) is 3.67. The van der Waals surface area contributed by atoms with Gasteiger partial charge in [-0.25, -0.2) is 0 Å². The molecule has 0 aromatic rings. The second-order valence-electron chi connectivity index (χ2n) is 3.32. The van der Waals surface area contributed by atoms with Gasteiger partial charge in [-0.05, 0) is 18.2 Å². The van der Waals surface area contributed by atoms with E-state index in [1.54, 1.807) is 0 Å². The van der Waals surface area contributed by atoms with E-state index in [1.807, 2.05) is 0 Å². The second kappa shape index (κ2) is 5.05. The number of amides is 2. The summed E-state index contributed by atoms with van der Waals surface area (Å²) in [6, 6.07) is -0.770. The van der Waals surface area contributed by atoms with Crippen LogP contribution in [0.25, 0.3) is 0 Å². The molecule has 1 rings (SSSR count). The number of likely N-dealkylation sites (tertiary alicyclic amines) is 1. The molecule has 8 heteroatoms. The maximum absolute atomic E-state index is 11.8. The zero-order valence-corrected chi connectivity index (χ0v) is 9.11. The quantitative estimate of drug-likeness (QED) is 0.756. The van der Waals surface area contributed by atoms with Crippen LogP contribution in [0.3, 0.4) is 0 Å². The van der Waals surface area contributed by atoms with Gasteiger partial charge >= 0.3 is 5.51 Å². The predicted molar refractivity (Wildman–Crippen MR) is 52.4 cm³/mol. The van der Waals surface area contributed by atoms with Crippen molar-refractivity contribution in [2.75, 3.05) is 12.3 Å². The van der Waals surface area contributed by atoms with Crippen molar-refractivity contribution in [1.82, 2.24) is 4.90 Å². The predicted octanol–water partition coefficient (Wildman–Crippen LogP) is 0.716. The molecule has 1 aliphatic rings. The van der Waals surface area contributed by atoms with Gasteiger partial charge in [0.15, 0.2) is 0 Å². The molecular weight excluding hydrogens is 245 g/mol. The van der Waals surface area contributed by atoms with Gasteiger partial charge in [-0.15, -0.1) is 0 Å². The summed E-state index contributed by atoms with van der Waals surface area (Å²) in [5, 5.41) is 0. The summed E-state index contributed by atoms with van der Waals surface area (Å²) >= 11 is -0.254. The van der Waals surface area contributed by atoms with Crippen LogP contribution < -0.4 is 5.73 Å². The van der Waals surface area contributed by atoms with Crippen molar-refractivity contribution in [2.45, 2.75) is 24.4 Å². The highest BCUT2D eigenvalue weighted by atomic mass is 32.2. The van der Waals surface area contributed by atoms with Crippen LogP contribution in [0.2, 0.25) is 0 Å². The molecule has 2 amide bonds. The fraction of sp³-hybridized carbons (Fsp3) is 0.750. The van der Waals surface area contributed by atoms with Crippen molar-refractivity contribution in [3.05, 3.63) is 0 Å². The molecule has 4 nitrogen and oxygen atoms in total. The summed E-state index contributed by atoms with van der Waals surface area (Å²) in [4.78, 5) is 23.5. The van der Waals surface area contributed by atoms with Gasteiger partial charge < -0.3 is 5.73 Å². The van der Waals surface area contributed by atoms with Crippen LogP contribution in [0, 0.1) is 0 Å². The molecule has 0 saturated carbocycles. The van der Waals surface area contributed by atoms with Crippen LogP contribution >= 0.6 is 11.8 Å². The number of alkyl halides is 3. The van der Waals surface area contributed by atoms with Crippen molar-refractivity contribution in [1.29, 1.82) is 0 Å². The number of carbonyl (C=O) groups is 2. The first-order valence-corrected chi connectivity index (χ1v) is 5.60. The van der Waals surface area contributed by atoms with E-state index < -0.39 is 23.4 Å². The van der Waals surface area contributed by atoms with Gasteiger partial charge in [0.2, 0.25) is 11.8 Å². The Bertz CT molecular complexity index is 295. The third-order valence-electron chi connectivity index (χ3n) is 2.13. The number of hydrogen-bond acceptors (Lipinski definition) is 4. The highest BCUT2D eigenvalue weighted by molar-refractivity contribution is 8.00. The van der Waals surface area contributed by atoms with Crippen LogP contribution in [0.5, 0.6) is 0 Å². The van der Waals surface area contributed by atoms with E-state index in [4.69, 9.17) is 5.73 Å². The minimum Gasteiger partial charge on any atom is -0.320 e. The summed E-state index contributed by atoms with van der Waals surface area (Å²) in [6.07, 6.45) is 0.379. The number of nitrogens with two attached hydrogens (primary N) is 1. The van der Waals surface area contributed by atoms with Crippen LogP contribution in [0.15, 0.2) is 0 Å². The Morgan fingerprint density at radius 1 is 1.44 bits per heavy atom. The molecule has 1 fully saturated rings. The summed E-state index contributed by atoms with van der Waals surface area (Å²) in [5.41, 5.74) is 1.07. The van der Waals surface area contributed by atoms with E-state index in [0.717, 1.165) is 4.90 Å². The molecule has 0 spiro atoms. The molecule has 1 heterocycles. The normalized spacial score (nSPS) is 22.8. The minimum absolute atomic E-state index is 0.115. The molecule has 1 aliphatic heterocycles. The number of carbonyl (C=O) groups excluding carboxylic acids is 2. The van der Waals surface area contributed by atoms with Crippen molar-refractivity contribution in [3.8, 4) is 0 Å². The van der Waals surface area contributed by atoms with Gasteiger partial charge in [0.05, 0.1) is 6.04 Å². The van der Waals surface area contributed by atoms with Crippen LogP contribution in [0.4, 0.5) is 13.2 Å². The topological polar surface area (TPSA) is 63.4 Å². The lowest BCUT2D eigenvalue weighted by Gasteiger charge is -2.28. The lowest BCUT2D eigenvalue weighted by atomic mass is 10.1. The monoisotopic (exact) mass is 256 g/mol. The molecule has 2 N–H and O–H groups in total. The molecule has 0 aromatic carbocycles. The molecule has 1 unspecified atom stereocenters. The zero-order valence-electron chi connectivity index (χ0n) is 8.29. The maximum Gasteiger partial charge on any atom is 0.441 e. The first-order valence-electron chi connectivity index (χ1n) is 4.62. The van der Waals surface area contributed by atoms with E-state index in [-0.39, 0.29) is 36.9 Å². The van der Waals surface area contributed by atoms with E-state index in [2.05, 4.69) is 0 Å². The van der Waals surface area contributed by atoms with Gasteiger partial charge in [0.1, 0.15) is 0 Å². The van der Waals surface area contributed by atoms with Gasteiger partial charge in [0, 0.05) is 18.7 Å². The van der Waals surface area contributed by atoms with Crippen molar-refractivity contribution < 1.29 is 22.8 Å². The van der Waals surface area contributed by atoms with Gasteiger partial charge in [-0.1, -0.05) is 0 Å². The minimum atomic E-state index is -4.34. The van der Waals surface area contributed by atoms with Crippen molar-refractivity contribution >= 4 is 23.6 Å². The smallest absolute Gasteiger partial charge is 0.320 e. The van der Waals surface area contributed by atoms with E-state index in [0.29, 0.717) is 0 Å². The fourth-order valence-electron chi connectivity index (χ4n) is 1.35. The Balaban J connectivity index is 2.45. The molecule has 92 valence electrons. The average molecular weight is 256 g/mol. The number of piperidine rings is 1. The molecule has 0 bridgehead atoms. The average Bonchev–Trinajstić information content (AvgIpc) is 2.16. The van der Waals surface area contributed by atoms with Crippen LogP contribution in [0.1, 0.15) is 12.8 Å². The number of imide groups is 1. The number of rotatable bonds is 3. The highest BCUT2D eigenvalue weighted by Gasteiger charge is 2.33. The first kappa shape index (κ1) is 13.3. The molecular formula is C8H11F3N2O2S. The fourth-order valence-corrected chi connectivity index (χ4v) is 1.85. The lowest BCUT2D eigenvalue weighted by molar-refractivity contribution is -0.148. The summed E-state index contributed by atoms with van der Waals surface area (Å²) in [6.45, 7) is -0.241. The van der Waals surface area contributed by atoms with E-state index >= 15 is 0 Å². The number of thioether (sulfide) groups is 1. The third-order valence-corrected chi connectivity index (χ3v) is 2.85. The number of hydrogen-bond donors (Lipinski definition) is 1. The van der Waals surface area contributed by atoms with Crippen LogP contribution in [-0.2, 0) is 9.59 Å². The molecule has 1 atom stereocenters. The largest absolute Gasteiger partial charge is 0.441 e. The summed E-state index contributed by atoms with van der Waals surface area (Å²) < 4.78 is 35.5.